The van der Waals surface area contributed by atoms with Gasteiger partial charge in [0.2, 0.25) is 0 Å². The predicted molar refractivity (Wildman–Crippen MR) is 146 cm³/mol. The number of hydrogen-bond donors (Lipinski definition) is 2. The van der Waals surface area contributed by atoms with Gasteiger partial charge in [-0.3, -0.25) is 4.90 Å². The highest BCUT2D eigenvalue weighted by molar-refractivity contribution is 7.44. The number of hydrogen-bond acceptors (Lipinski definition) is 5. The van der Waals surface area contributed by atoms with E-state index in [-0.39, 0.29) is 6.17 Å². The Kier molecular flexibility index (Phi) is 8.38. The first-order valence-electron chi connectivity index (χ1n) is 12.9. The van der Waals surface area contributed by atoms with Gasteiger partial charge in [-0.1, -0.05) is 27.7 Å². The maximum atomic E-state index is 3.80. The van der Waals surface area contributed by atoms with E-state index < -0.39 is 0 Å². The summed E-state index contributed by atoms with van der Waals surface area (Å²) < 4.78 is 0. The molecule has 3 unspecified atom stereocenters. The number of piperidine rings is 1. The first-order chi connectivity index (χ1) is 15.9. The van der Waals surface area contributed by atoms with Crippen LogP contribution in [0.4, 0.5) is 11.4 Å². The molecule has 0 spiro atoms. The van der Waals surface area contributed by atoms with E-state index in [9.17, 15) is 0 Å². The molecule has 3 aliphatic heterocycles. The minimum absolute atomic E-state index is 0.249. The molecule has 2 fully saturated rings. The summed E-state index contributed by atoms with van der Waals surface area (Å²) >= 11 is 0. The molecule has 4 rings (SSSR count). The molecule has 182 valence electrons. The fourth-order valence-corrected chi connectivity index (χ4v) is 6.73. The van der Waals surface area contributed by atoms with Gasteiger partial charge in [-0.15, -0.1) is 0 Å². The van der Waals surface area contributed by atoms with Gasteiger partial charge in [0.1, 0.15) is 6.17 Å². The monoisotopic (exact) mass is 469 g/mol. The molecule has 3 aliphatic rings. The quantitative estimate of drug-likeness (QED) is 0.461. The van der Waals surface area contributed by atoms with Crippen molar-refractivity contribution >= 4 is 20.0 Å². The fraction of sp³-hybridized carbons (Fsp3) is 0.630. The van der Waals surface area contributed by atoms with Crippen molar-refractivity contribution in [2.75, 3.05) is 56.5 Å². The van der Waals surface area contributed by atoms with Gasteiger partial charge in [-0.2, -0.15) is 0 Å². The second kappa shape index (κ2) is 11.3. The highest BCUT2D eigenvalue weighted by atomic mass is 31.1. The van der Waals surface area contributed by atoms with Crippen LogP contribution in [-0.4, -0.2) is 74.0 Å². The zero-order valence-corrected chi connectivity index (χ0v) is 22.3. The maximum absolute atomic E-state index is 3.80. The van der Waals surface area contributed by atoms with Crippen molar-refractivity contribution in [2.45, 2.75) is 64.8 Å². The average molecular weight is 470 g/mol. The summed E-state index contributed by atoms with van der Waals surface area (Å²) in [5.74, 6) is 0. The van der Waals surface area contributed by atoms with Crippen LogP contribution in [0.5, 0.6) is 0 Å². The first-order valence-corrected chi connectivity index (χ1v) is 13.9. The Morgan fingerprint density at radius 2 is 1.79 bits per heavy atom. The SMILES string of the molecule is CC/C=C/C1PC(C)=C(C)NC1Nc1ccc(N2CCC(N3CCN(C)CC3)CC2)c(C)c1. The number of benzene rings is 1. The van der Waals surface area contributed by atoms with Gasteiger partial charge in [-0.05, 0) is 76.2 Å². The molecule has 0 aromatic heterocycles. The molecule has 0 aliphatic carbocycles. The topological polar surface area (TPSA) is 33.8 Å². The molecule has 2 saturated heterocycles. The van der Waals surface area contributed by atoms with E-state index in [1.807, 2.05) is 0 Å². The first kappa shape index (κ1) is 24.6. The van der Waals surface area contributed by atoms with Crippen molar-refractivity contribution in [1.29, 1.82) is 0 Å². The lowest BCUT2D eigenvalue weighted by molar-refractivity contribution is 0.0982. The summed E-state index contributed by atoms with van der Waals surface area (Å²) in [7, 11) is 3.08. The number of aryl methyl sites for hydroxylation is 1. The largest absolute Gasteiger partial charge is 0.371 e. The minimum Gasteiger partial charge on any atom is -0.371 e. The Balaban J connectivity index is 1.37. The Bertz CT molecular complexity index is 850. The lowest BCUT2D eigenvalue weighted by Crippen LogP contribution is -2.52. The van der Waals surface area contributed by atoms with Crippen molar-refractivity contribution in [1.82, 2.24) is 15.1 Å². The molecule has 2 N–H and O–H groups in total. The van der Waals surface area contributed by atoms with Gasteiger partial charge in [0.15, 0.2) is 0 Å². The Hall–Kier alpha value is -1.55. The van der Waals surface area contributed by atoms with E-state index in [0.29, 0.717) is 5.66 Å². The normalized spacial score (nSPS) is 26.9. The molecule has 1 aromatic rings. The summed E-state index contributed by atoms with van der Waals surface area (Å²) in [6.45, 7) is 16.2. The summed E-state index contributed by atoms with van der Waals surface area (Å²) in [6.07, 6.45) is 8.61. The van der Waals surface area contributed by atoms with Gasteiger partial charge in [-0.25, -0.2) is 0 Å². The van der Waals surface area contributed by atoms with E-state index in [1.165, 1.54) is 80.1 Å². The molecular formula is C27H44N5P. The van der Waals surface area contributed by atoms with Crippen molar-refractivity contribution in [3.63, 3.8) is 0 Å². The molecule has 33 heavy (non-hydrogen) atoms. The molecular weight excluding hydrogens is 425 g/mol. The standard InChI is InChI=1S/C27H44N5P/c1-6-7-8-26-27(28-21(3)22(4)33-26)29-23-9-10-25(20(2)19-23)32-13-11-24(12-14-32)31-17-15-30(5)16-18-31/h7-10,19,24,26-29,33H,6,11-18H2,1-5H3/b8-7+. The number of rotatable bonds is 6. The lowest BCUT2D eigenvalue weighted by Gasteiger charge is -2.43. The number of anilines is 2. The second-order valence-corrected chi connectivity index (χ2v) is 11.8. The average Bonchev–Trinajstić information content (AvgIpc) is 2.81. The third kappa shape index (κ3) is 6.12. The Morgan fingerprint density at radius 1 is 1.06 bits per heavy atom. The van der Waals surface area contributed by atoms with Crippen LogP contribution >= 0.6 is 8.58 Å². The molecule has 0 radical (unpaired) electrons. The third-order valence-electron chi connectivity index (χ3n) is 7.63. The van der Waals surface area contributed by atoms with E-state index in [4.69, 9.17) is 0 Å². The zero-order chi connectivity index (χ0) is 23.4. The van der Waals surface area contributed by atoms with E-state index in [0.717, 1.165) is 21.0 Å². The van der Waals surface area contributed by atoms with Gasteiger partial charge < -0.3 is 20.4 Å². The molecule has 6 heteroatoms. The van der Waals surface area contributed by atoms with Crippen LogP contribution in [0, 0.1) is 6.92 Å². The van der Waals surface area contributed by atoms with Crippen LogP contribution < -0.4 is 15.5 Å². The molecule has 0 saturated carbocycles. The highest BCUT2D eigenvalue weighted by Gasteiger charge is 2.28. The summed E-state index contributed by atoms with van der Waals surface area (Å²) in [5.41, 5.74) is 5.82. The second-order valence-electron chi connectivity index (χ2n) is 10.1. The maximum Gasteiger partial charge on any atom is 0.107 e. The van der Waals surface area contributed by atoms with Crippen molar-refractivity contribution in [3.8, 4) is 0 Å². The smallest absolute Gasteiger partial charge is 0.107 e. The lowest BCUT2D eigenvalue weighted by atomic mass is 10.0. The number of allylic oxidation sites excluding steroid dienone is 3. The minimum atomic E-state index is 0.249. The van der Waals surface area contributed by atoms with Crippen LogP contribution in [0.2, 0.25) is 0 Å². The van der Waals surface area contributed by atoms with Crippen LogP contribution in [0.1, 0.15) is 45.6 Å². The number of nitrogens with one attached hydrogen (secondary N) is 2. The van der Waals surface area contributed by atoms with Gasteiger partial charge >= 0.3 is 0 Å². The third-order valence-corrected chi connectivity index (χ3v) is 9.30. The van der Waals surface area contributed by atoms with E-state index >= 15 is 0 Å². The van der Waals surface area contributed by atoms with Crippen molar-refractivity contribution in [2.24, 2.45) is 0 Å². The molecule has 3 heterocycles. The zero-order valence-electron chi connectivity index (χ0n) is 21.3. The molecule has 3 atom stereocenters. The highest BCUT2D eigenvalue weighted by Crippen LogP contribution is 2.38. The summed E-state index contributed by atoms with van der Waals surface area (Å²) in [6, 6.07) is 7.72. The predicted octanol–water partition coefficient (Wildman–Crippen LogP) is 4.82. The molecule has 0 bridgehead atoms. The van der Waals surface area contributed by atoms with Crippen LogP contribution in [0.15, 0.2) is 41.4 Å². The van der Waals surface area contributed by atoms with Crippen LogP contribution in [0.25, 0.3) is 0 Å². The number of likely N-dealkylation sites (N-methyl/N-ethyl adjacent to an activating group) is 1. The van der Waals surface area contributed by atoms with E-state index in [1.54, 1.807) is 0 Å². The Labute approximate surface area is 203 Å². The Morgan fingerprint density at radius 3 is 2.45 bits per heavy atom. The van der Waals surface area contributed by atoms with Crippen LogP contribution in [-0.2, 0) is 0 Å². The number of nitrogens with zero attached hydrogens (tertiary/aromatic N) is 3. The fourth-order valence-electron chi connectivity index (χ4n) is 5.38. The van der Waals surface area contributed by atoms with Crippen molar-refractivity contribution in [3.05, 3.63) is 46.9 Å². The molecule has 0 amide bonds. The van der Waals surface area contributed by atoms with Crippen molar-refractivity contribution < 1.29 is 0 Å². The molecule has 5 nitrogen and oxygen atoms in total. The van der Waals surface area contributed by atoms with E-state index in [2.05, 4.69) is 90.4 Å². The summed E-state index contributed by atoms with van der Waals surface area (Å²) in [4.78, 5) is 7.79. The summed E-state index contributed by atoms with van der Waals surface area (Å²) in [5, 5.41) is 9.00. The van der Waals surface area contributed by atoms with Gasteiger partial charge in [0.05, 0.1) is 0 Å². The molecule has 1 aromatic carbocycles. The van der Waals surface area contributed by atoms with Gasteiger partial charge in [0, 0.05) is 68.0 Å². The van der Waals surface area contributed by atoms with Gasteiger partial charge in [0.25, 0.3) is 0 Å². The van der Waals surface area contributed by atoms with Crippen LogP contribution in [0.3, 0.4) is 0 Å². The number of piperazine rings is 1.